The number of nitrogens with one attached hydrogen (secondary N) is 3. The highest BCUT2D eigenvalue weighted by molar-refractivity contribution is 7.13. The van der Waals surface area contributed by atoms with Gasteiger partial charge in [-0.3, -0.25) is 10.1 Å². The van der Waals surface area contributed by atoms with E-state index in [1.165, 1.54) is 11.8 Å². The lowest BCUT2D eigenvalue weighted by Gasteiger charge is -2.08. The molecule has 0 unspecified atom stereocenters. The van der Waals surface area contributed by atoms with Crippen LogP contribution in [0.25, 0.3) is 55.3 Å². The van der Waals surface area contributed by atoms with Crippen LogP contribution in [0.2, 0.25) is 0 Å². The van der Waals surface area contributed by atoms with Crippen LogP contribution in [-0.2, 0) is 13.1 Å². The maximum Gasteiger partial charge on any atom is 0.184 e. The van der Waals surface area contributed by atoms with Crippen LogP contribution in [-0.4, -0.2) is 35.1 Å². The number of rotatable bonds is 7. The molecule has 0 fully saturated rings. The molecule has 0 atom stereocenters. The van der Waals surface area contributed by atoms with Crippen LogP contribution < -0.4 is 5.32 Å². The predicted octanol–water partition coefficient (Wildman–Crippen LogP) is 6.12. The lowest BCUT2D eigenvalue weighted by atomic mass is 10.1. The average molecular weight is 533 g/mol. The lowest BCUT2D eigenvalue weighted by molar-refractivity contribution is 0.642. The van der Waals surface area contributed by atoms with E-state index in [1.807, 2.05) is 47.8 Å². The van der Waals surface area contributed by atoms with Crippen molar-refractivity contribution in [3.63, 3.8) is 0 Å². The molecule has 0 saturated carbocycles. The maximum absolute atomic E-state index is 16.1. The topological polar surface area (TPSA) is 108 Å². The smallest absolute Gasteiger partial charge is 0.184 e. The monoisotopic (exact) mass is 532 g/mol. The predicted molar refractivity (Wildman–Crippen MR) is 150 cm³/mol. The number of nitrogens with zero attached hydrogens (tertiary/aromatic N) is 5. The second-order valence-corrected chi connectivity index (χ2v) is 10.0. The van der Waals surface area contributed by atoms with Gasteiger partial charge in [0.25, 0.3) is 0 Å². The summed E-state index contributed by atoms with van der Waals surface area (Å²) in [7, 11) is 0. The van der Waals surface area contributed by atoms with Crippen LogP contribution in [0, 0.1) is 5.82 Å². The Morgan fingerprint density at radius 2 is 1.77 bits per heavy atom. The Morgan fingerprint density at radius 1 is 0.872 bits per heavy atom. The maximum atomic E-state index is 16.1. The van der Waals surface area contributed by atoms with Crippen molar-refractivity contribution in [2.45, 2.75) is 13.1 Å². The van der Waals surface area contributed by atoms with Gasteiger partial charge in [-0.2, -0.15) is 5.10 Å². The fraction of sp³-hybridized carbons (Fsp3) is 0.0690. The highest BCUT2D eigenvalue weighted by atomic mass is 32.1. The summed E-state index contributed by atoms with van der Waals surface area (Å²) >= 11 is 1.63. The first kappa shape index (κ1) is 23.3. The fourth-order valence-electron chi connectivity index (χ4n) is 4.67. The third-order valence-electron chi connectivity index (χ3n) is 6.54. The number of benzene rings is 1. The van der Waals surface area contributed by atoms with Crippen LogP contribution in [0.15, 0.2) is 84.8 Å². The van der Waals surface area contributed by atoms with Crippen molar-refractivity contribution in [2.24, 2.45) is 0 Å². The quantitative estimate of drug-likeness (QED) is 0.228. The summed E-state index contributed by atoms with van der Waals surface area (Å²) in [6.07, 6.45) is 6.64. The highest BCUT2D eigenvalue weighted by Crippen LogP contribution is 2.35. The van der Waals surface area contributed by atoms with Gasteiger partial charge in [-0.05, 0) is 34.7 Å². The summed E-state index contributed by atoms with van der Waals surface area (Å²) in [5.74, 6) is 0.00526. The molecule has 0 radical (unpaired) electrons. The van der Waals surface area contributed by atoms with Gasteiger partial charge < -0.3 is 10.3 Å². The first-order valence-corrected chi connectivity index (χ1v) is 13.2. The first-order valence-electron chi connectivity index (χ1n) is 12.3. The molecule has 0 aliphatic rings. The summed E-state index contributed by atoms with van der Waals surface area (Å²) in [5, 5.41) is 12.9. The highest BCUT2D eigenvalue weighted by Gasteiger charge is 2.21. The van der Waals surface area contributed by atoms with Crippen LogP contribution >= 0.6 is 11.3 Å². The molecule has 39 heavy (non-hydrogen) atoms. The molecule has 6 aromatic heterocycles. The molecule has 6 heterocycles. The lowest BCUT2D eigenvalue weighted by Crippen LogP contribution is -2.12. The van der Waals surface area contributed by atoms with E-state index in [-0.39, 0.29) is 11.0 Å². The van der Waals surface area contributed by atoms with Crippen molar-refractivity contribution in [1.82, 2.24) is 40.4 Å². The van der Waals surface area contributed by atoms with Crippen molar-refractivity contribution in [3.8, 4) is 33.1 Å². The summed E-state index contributed by atoms with van der Waals surface area (Å²) in [6, 6.07) is 18.1. The Balaban J connectivity index is 1.23. The minimum absolute atomic E-state index is 0.261. The van der Waals surface area contributed by atoms with Gasteiger partial charge in [0.15, 0.2) is 17.1 Å². The second kappa shape index (κ2) is 9.82. The van der Waals surface area contributed by atoms with Gasteiger partial charge >= 0.3 is 0 Å². The number of H-pyrrole nitrogens is 2. The van der Waals surface area contributed by atoms with E-state index in [4.69, 9.17) is 0 Å². The standard InChI is InChI=1S/C29H21FN8S/c30-24-21(19-11-18(14-32-15-19)13-31-12-17-5-2-1-3-6-17)16-34-27-23(24)26(37-38-27)29-35-25-20(22-7-4-10-39-22)8-9-33-28(25)36-29/h1-11,14-16,31H,12-13H2,(H,33,35,36)(H,34,37,38). The van der Waals surface area contributed by atoms with Crippen molar-refractivity contribution < 1.29 is 4.39 Å². The number of aromatic nitrogens is 7. The van der Waals surface area contributed by atoms with E-state index < -0.39 is 5.82 Å². The zero-order valence-corrected chi connectivity index (χ0v) is 21.3. The number of fused-ring (bicyclic) bond motifs is 2. The van der Waals surface area contributed by atoms with Gasteiger partial charge in [-0.15, -0.1) is 11.3 Å². The molecule has 0 amide bonds. The zero-order chi connectivity index (χ0) is 26.2. The number of hydrogen-bond donors (Lipinski definition) is 3. The van der Waals surface area contributed by atoms with E-state index in [0.29, 0.717) is 34.8 Å². The SMILES string of the molecule is Fc1c(-c2cncc(CNCc3ccccc3)c2)cnc2n[nH]c(-c3nc4nccc(-c5cccs5)c4[nH]3)c12. The van der Waals surface area contributed by atoms with Gasteiger partial charge in [0.1, 0.15) is 11.5 Å². The summed E-state index contributed by atoms with van der Waals surface area (Å²) in [4.78, 5) is 22.3. The molecule has 0 spiro atoms. The molecular weight excluding hydrogens is 511 g/mol. The van der Waals surface area contributed by atoms with Gasteiger partial charge in [0.2, 0.25) is 0 Å². The molecule has 3 N–H and O–H groups in total. The van der Waals surface area contributed by atoms with Crippen molar-refractivity contribution in [1.29, 1.82) is 0 Å². The number of hydrogen-bond acceptors (Lipinski definition) is 7. The van der Waals surface area contributed by atoms with E-state index in [9.17, 15) is 0 Å². The van der Waals surface area contributed by atoms with Gasteiger partial charge in [0.05, 0.1) is 10.9 Å². The summed E-state index contributed by atoms with van der Waals surface area (Å²) in [6.45, 7) is 1.33. The molecule has 7 rings (SSSR count). The molecule has 1 aromatic carbocycles. The number of pyridine rings is 3. The zero-order valence-electron chi connectivity index (χ0n) is 20.5. The summed E-state index contributed by atoms with van der Waals surface area (Å²) in [5.41, 5.74) is 6.12. The van der Waals surface area contributed by atoms with E-state index >= 15 is 4.39 Å². The van der Waals surface area contributed by atoms with E-state index in [2.05, 4.69) is 52.6 Å². The summed E-state index contributed by atoms with van der Waals surface area (Å²) < 4.78 is 16.1. The normalized spacial score (nSPS) is 11.5. The van der Waals surface area contributed by atoms with Crippen molar-refractivity contribution >= 4 is 33.5 Å². The molecule has 0 saturated heterocycles. The van der Waals surface area contributed by atoms with Gasteiger partial charge in [-0.25, -0.2) is 19.3 Å². The van der Waals surface area contributed by atoms with Crippen LogP contribution in [0.5, 0.6) is 0 Å². The molecule has 0 aliphatic carbocycles. The van der Waals surface area contributed by atoms with Gasteiger partial charge in [0, 0.05) is 59.4 Å². The Hall–Kier alpha value is -4.80. The van der Waals surface area contributed by atoms with Crippen molar-refractivity contribution in [2.75, 3.05) is 0 Å². The largest absolute Gasteiger partial charge is 0.335 e. The number of halogens is 1. The Labute approximate surface area is 226 Å². The fourth-order valence-corrected chi connectivity index (χ4v) is 5.43. The second-order valence-electron chi connectivity index (χ2n) is 9.07. The number of imidazole rings is 1. The molecule has 8 nitrogen and oxygen atoms in total. The Bertz CT molecular complexity index is 1910. The first-order chi connectivity index (χ1) is 19.2. The third-order valence-corrected chi connectivity index (χ3v) is 7.44. The van der Waals surface area contributed by atoms with Crippen molar-refractivity contribution in [3.05, 3.63) is 102 Å². The number of aromatic amines is 2. The molecular formula is C29H21FN8S. The molecule has 190 valence electrons. The average Bonchev–Trinajstić information content (AvgIpc) is 3.74. The molecule has 10 heteroatoms. The minimum Gasteiger partial charge on any atom is -0.335 e. The third kappa shape index (κ3) is 4.35. The van der Waals surface area contributed by atoms with Crippen LogP contribution in [0.1, 0.15) is 11.1 Å². The Morgan fingerprint density at radius 3 is 2.64 bits per heavy atom. The van der Waals surface area contributed by atoms with Gasteiger partial charge in [-0.1, -0.05) is 36.4 Å². The van der Waals surface area contributed by atoms with E-state index in [1.54, 1.807) is 29.9 Å². The van der Waals surface area contributed by atoms with Crippen LogP contribution in [0.4, 0.5) is 4.39 Å². The molecule has 7 aromatic rings. The molecule has 0 bridgehead atoms. The van der Waals surface area contributed by atoms with E-state index in [0.717, 1.165) is 28.1 Å². The molecule has 0 aliphatic heterocycles. The van der Waals surface area contributed by atoms with Crippen LogP contribution in [0.3, 0.4) is 0 Å². The minimum atomic E-state index is -0.438. The Kier molecular flexibility index (Phi) is 5.87. The number of thiophene rings is 1.